The minimum Gasteiger partial charge on any atom is -0.504 e. The summed E-state index contributed by atoms with van der Waals surface area (Å²) in [6.07, 6.45) is 5.14. The Labute approximate surface area is 337 Å². The lowest BCUT2D eigenvalue weighted by molar-refractivity contribution is -0.125. The molecule has 8 rings (SSSR count). The van der Waals surface area contributed by atoms with E-state index in [1.54, 1.807) is 48.6 Å². The van der Waals surface area contributed by atoms with Crippen LogP contribution in [0.4, 0.5) is 32.8 Å². The van der Waals surface area contributed by atoms with Crippen molar-refractivity contribution in [1.29, 1.82) is 0 Å². The van der Waals surface area contributed by atoms with E-state index >= 15 is 0 Å². The van der Waals surface area contributed by atoms with Gasteiger partial charge in [-0.1, -0.05) is 29.9 Å². The highest BCUT2D eigenvalue weighted by molar-refractivity contribution is 6.58. The lowest BCUT2D eigenvalue weighted by atomic mass is 9.57. The molecule has 6 atom stereocenters. The summed E-state index contributed by atoms with van der Waals surface area (Å²) >= 11 is 14.8. The first-order chi connectivity index (χ1) is 27.3. The van der Waals surface area contributed by atoms with E-state index in [2.05, 4.69) is 10.2 Å². The van der Waals surface area contributed by atoms with Gasteiger partial charge in [-0.2, -0.15) is 10.2 Å². The van der Waals surface area contributed by atoms with Crippen LogP contribution in [0.5, 0.6) is 11.5 Å². The molecule has 0 spiro atoms. The molecular formula is C43H36Cl2FN5O6. The zero-order valence-corrected chi connectivity index (χ0v) is 32.5. The van der Waals surface area contributed by atoms with Gasteiger partial charge in [-0.25, -0.2) is 9.29 Å². The van der Waals surface area contributed by atoms with Crippen LogP contribution in [0.1, 0.15) is 18.4 Å². The molecule has 1 N–H and O–H groups in total. The zero-order chi connectivity index (χ0) is 40.4. The third-order valence-corrected chi connectivity index (χ3v) is 12.8. The Balaban J connectivity index is 1.14. The number of halogens is 3. The van der Waals surface area contributed by atoms with Crippen LogP contribution in [-0.2, 0) is 19.2 Å². The molecule has 14 heteroatoms. The molecule has 4 aromatic rings. The van der Waals surface area contributed by atoms with Crippen LogP contribution in [0, 0.1) is 29.5 Å². The first kappa shape index (κ1) is 38.0. The zero-order valence-electron chi connectivity index (χ0n) is 31.0. The normalized spacial score (nSPS) is 26.9. The number of amides is 4. The second kappa shape index (κ2) is 14.3. The minimum absolute atomic E-state index is 0.0764. The molecular weight excluding hydrogens is 772 g/mol. The lowest BCUT2D eigenvalue weighted by Crippen LogP contribution is -2.60. The smallest absolute Gasteiger partial charge is 0.258 e. The Morgan fingerprint density at radius 2 is 1.44 bits per heavy atom. The molecule has 0 radical (unpaired) electrons. The predicted molar refractivity (Wildman–Crippen MR) is 215 cm³/mol. The highest BCUT2D eigenvalue weighted by Gasteiger charge is 2.76. The van der Waals surface area contributed by atoms with Gasteiger partial charge in [-0.15, -0.1) is 23.2 Å². The largest absolute Gasteiger partial charge is 0.504 e. The van der Waals surface area contributed by atoms with E-state index in [9.17, 15) is 28.7 Å². The fraction of sp³-hybridized carbons (Fsp3) is 0.256. The number of phenols is 1. The number of azo groups is 1. The third-order valence-electron chi connectivity index (χ3n) is 11.4. The number of aromatic hydroxyl groups is 1. The van der Waals surface area contributed by atoms with Crippen molar-refractivity contribution in [3.8, 4) is 11.5 Å². The number of alkyl halides is 2. The summed E-state index contributed by atoms with van der Waals surface area (Å²) < 4.78 is 19.2. The van der Waals surface area contributed by atoms with E-state index in [4.69, 9.17) is 27.9 Å². The molecule has 4 aliphatic rings. The van der Waals surface area contributed by atoms with Crippen molar-refractivity contribution in [2.75, 3.05) is 35.9 Å². The van der Waals surface area contributed by atoms with E-state index in [0.717, 1.165) is 27.6 Å². The summed E-state index contributed by atoms with van der Waals surface area (Å²) in [5.41, 5.74) is 3.82. The van der Waals surface area contributed by atoms with Crippen LogP contribution in [-0.4, -0.2) is 59.7 Å². The molecule has 2 heterocycles. The van der Waals surface area contributed by atoms with Crippen LogP contribution >= 0.6 is 23.2 Å². The van der Waals surface area contributed by atoms with Crippen LogP contribution < -0.4 is 19.4 Å². The second-order valence-electron chi connectivity index (χ2n) is 14.7. The number of imide groups is 2. The standard InChI is InChI=1S/C43H36Cl2FN5O6/c1-49(2)28-14-8-26(9-15-28)47-48-27-10-16-29(17-11-27)50-38(53)32-19-18-31-33(37(32)39(50)54)23-42(44)40(55)51(30-12-6-25(46)7-13-30)41(56)43(42,45)34(31)20-4-24-5-21-35(52)36(22-24)57-3/h4-18,20-22,32-34,37,52H,19,23H2,1-3H3. The Hall–Kier alpha value is -5.85. The van der Waals surface area contributed by atoms with E-state index < -0.39 is 62.9 Å². The molecule has 4 amide bonds. The molecule has 0 aromatic heterocycles. The topological polar surface area (TPSA) is 132 Å². The SMILES string of the molecule is COc1cc(C=CC2C3=CCC4C(=O)N(c5ccc(N=Nc6ccc(N(C)C)cc6)cc5)C(=O)C4C3CC3(Cl)C(=O)N(c4ccc(F)cc4)C(=O)C23Cl)ccc1O. The Morgan fingerprint density at radius 1 is 0.825 bits per heavy atom. The number of carbonyl (C=O) groups is 4. The number of carbonyl (C=O) groups excluding carboxylic acids is 4. The summed E-state index contributed by atoms with van der Waals surface area (Å²) in [7, 11) is 5.31. The van der Waals surface area contributed by atoms with Gasteiger partial charge in [0.25, 0.3) is 11.8 Å². The third kappa shape index (κ3) is 6.09. The maximum absolute atomic E-state index is 14.5. The molecule has 2 aliphatic carbocycles. The number of benzene rings is 4. The van der Waals surface area contributed by atoms with Gasteiger partial charge in [0.05, 0.1) is 41.7 Å². The fourth-order valence-electron chi connectivity index (χ4n) is 8.51. The first-order valence-corrected chi connectivity index (χ1v) is 19.0. The summed E-state index contributed by atoms with van der Waals surface area (Å²) in [6, 6.07) is 23.7. The Morgan fingerprint density at radius 3 is 2.07 bits per heavy atom. The maximum atomic E-state index is 14.5. The van der Waals surface area contributed by atoms with Gasteiger partial charge in [0.2, 0.25) is 11.8 Å². The maximum Gasteiger partial charge on any atom is 0.258 e. The van der Waals surface area contributed by atoms with Gasteiger partial charge in [0, 0.05) is 25.7 Å². The number of nitrogens with zero attached hydrogens (tertiary/aromatic N) is 5. The molecule has 57 heavy (non-hydrogen) atoms. The van der Waals surface area contributed by atoms with Gasteiger partial charge in [0.1, 0.15) is 5.82 Å². The highest BCUT2D eigenvalue weighted by Crippen LogP contribution is 2.63. The first-order valence-electron chi connectivity index (χ1n) is 18.2. The van der Waals surface area contributed by atoms with Crippen LogP contribution in [0.2, 0.25) is 0 Å². The van der Waals surface area contributed by atoms with Crippen molar-refractivity contribution >= 4 is 81.3 Å². The van der Waals surface area contributed by atoms with Gasteiger partial charge >= 0.3 is 0 Å². The van der Waals surface area contributed by atoms with Crippen LogP contribution in [0.3, 0.4) is 0 Å². The number of ether oxygens (including phenoxy) is 1. The van der Waals surface area contributed by atoms with Gasteiger partial charge in [-0.05, 0) is 109 Å². The summed E-state index contributed by atoms with van der Waals surface area (Å²) in [4.78, 5) is 57.4. The van der Waals surface area contributed by atoms with E-state index in [1.165, 1.54) is 25.3 Å². The predicted octanol–water partition coefficient (Wildman–Crippen LogP) is 8.34. The minimum atomic E-state index is -2.07. The Bertz CT molecular complexity index is 2400. The van der Waals surface area contributed by atoms with Crippen molar-refractivity contribution in [1.82, 2.24) is 0 Å². The number of rotatable bonds is 8. The van der Waals surface area contributed by atoms with E-state index in [0.29, 0.717) is 28.2 Å². The number of hydrogen-bond acceptors (Lipinski definition) is 9. The van der Waals surface area contributed by atoms with Gasteiger partial charge < -0.3 is 14.7 Å². The molecule has 4 aromatic carbocycles. The molecule has 0 bridgehead atoms. The molecule has 2 saturated heterocycles. The monoisotopic (exact) mass is 807 g/mol. The lowest BCUT2D eigenvalue weighted by Gasteiger charge is -2.49. The van der Waals surface area contributed by atoms with Gasteiger partial charge in [0.15, 0.2) is 21.2 Å². The number of phenolic OH excluding ortho intramolecular Hbond substituents is 1. The van der Waals surface area contributed by atoms with Crippen LogP contribution in [0.25, 0.3) is 6.08 Å². The average Bonchev–Trinajstić information content (AvgIpc) is 3.55. The highest BCUT2D eigenvalue weighted by atomic mass is 35.5. The van der Waals surface area contributed by atoms with E-state index in [-0.39, 0.29) is 30.0 Å². The molecule has 290 valence electrons. The van der Waals surface area contributed by atoms with Gasteiger partial charge in [-0.3, -0.25) is 24.1 Å². The second-order valence-corrected chi connectivity index (χ2v) is 16.0. The quantitative estimate of drug-likeness (QED) is 0.0820. The van der Waals surface area contributed by atoms with E-state index in [1.807, 2.05) is 49.3 Å². The number of allylic oxidation sites excluding steroid dienone is 3. The molecule has 2 aliphatic heterocycles. The summed E-state index contributed by atoms with van der Waals surface area (Å²) in [5.74, 6) is -6.35. The summed E-state index contributed by atoms with van der Waals surface area (Å²) in [6.45, 7) is 0. The number of fused-ring (bicyclic) bond motifs is 4. The van der Waals surface area contributed by atoms with Crippen molar-refractivity contribution in [3.05, 3.63) is 120 Å². The molecule has 6 unspecified atom stereocenters. The number of anilines is 3. The Kier molecular flexibility index (Phi) is 9.52. The fourth-order valence-corrected chi connectivity index (χ4v) is 9.40. The van der Waals surface area contributed by atoms with Crippen molar-refractivity contribution in [3.63, 3.8) is 0 Å². The van der Waals surface area contributed by atoms with Crippen molar-refractivity contribution in [2.24, 2.45) is 33.9 Å². The van der Waals surface area contributed by atoms with Crippen LogP contribution in [0.15, 0.2) is 119 Å². The van der Waals surface area contributed by atoms with Crippen molar-refractivity contribution in [2.45, 2.75) is 22.6 Å². The molecule has 1 saturated carbocycles. The molecule has 3 fully saturated rings. The summed E-state index contributed by atoms with van der Waals surface area (Å²) in [5, 5.41) is 18.8. The number of methoxy groups -OCH3 is 1. The average molecular weight is 809 g/mol. The van der Waals surface area contributed by atoms with Crippen molar-refractivity contribution < 1.29 is 33.4 Å². The number of hydrogen-bond donors (Lipinski definition) is 1. The molecule has 11 nitrogen and oxygen atoms in total.